The molecule has 0 aliphatic carbocycles. The number of hydrogen-bond acceptors (Lipinski definition) is 2. The molecule has 0 unspecified atom stereocenters. The van der Waals surface area contributed by atoms with Crippen molar-refractivity contribution in [3.8, 4) is 0 Å². The molecule has 0 N–H and O–H groups in total. The molecule has 3 nitrogen and oxygen atoms in total. The van der Waals surface area contributed by atoms with Gasteiger partial charge < -0.3 is 0 Å². The lowest BCUT2D eigenvalue weighted by molar-refractivity contribution is -0.113. The Morgan fingerprint density at radius 3 is 2.55 bits per heavy atom. The summed E-state index contributed by atoms with van der Waals surface area (Å²) in [5.41, 5.74) is 1.01. The third-order valence-corrected chi connectivity index (χ3v) is 3.84. The summed E-state index contributed by atoms with van der Waals surface area (Å²) in [7, 11) is 0. The van der Waals surface area contributed by atoms with Gasteiger partial charge in [0.25, 0.3) is 5.78 Å². The van der Waals surface area contributed by atoms with Crippen LogP contribution in [0.1, 0.15) is 10.4 Å². The first kappa shape index (κ1) is 13.5. The van der Waals surface area contributed by atoms with E-state index in [1.165, 1.54) is 17.0 Å². The molecule has 0 spiro atoms. The number of nitrogens with zero attached hydrogens (tertiary/aromatic N) is 1. The van der Waals surface area contributed by atoms with Gasteiger partial charge >= 0.3 is 5.91 Å². The first-order valence-corrected chi connectivity index (χ1v) is 7.07. The number of carbonyl (C=O) groups excluding carboxylic acids is 2. The van der Waals surface area contributed by atoms with Crippen molar-refractivity contribution in [2.45, 2.75) is 0 Å². The van der Waals surface area contributed by atoms with E-state index >= 15 is 0 Å². The zero-order valence-corrected chi connectivity index (χ0v) is 12.8. The van der Waals surface area contributed by atoms with Crippen LogP contribution in [-0.2, 0) is 4.79 Å². The average Bonchev–Trinajstić information content (AvgIpc) is 2.61. The smallest absolute Gasteiger partial charge is 0.283 e. The number of amides is 1. The van der Waals surface area contributed by atoms with Gasteiger partial charge in [0, 0.05) is 8.59 Å². The minimum atomic E-state index is -0.705. The molecule has 0 bridgehead atoms. The van der Waals surface area contributed by atoms with E-state index in [0.717, 1.165) is 9.64 Å². The molecular weight excluding hydrogens is 396 g/mol. The van der Waals surface area contributed by atoms with Gasteiger partial charge in [0.2, 0.25) is 0 Å². The van der Waals surface area contributed by atoms with Crippen LogP contribution in [0, 0.1) is 9.39 Å². The van der Waals surface area contributed by atoms with Crippen LogP contribution in [0.15, 0.2) is 36.4 Å². The van der Waals surface area contributed by atoms with E-state index in [1.807, 2.05) is 0 Å². The molecule has 3 rings (SSSR count). The van der Waals surface area contributed by atoms with Crippen LogP contribution in [0.25, 0.3) is 0 Å². The summed E-state index contributed by atoms with van der Waals surface area (Å²) >= 11 is 7.86. The standard InChI is InChI=1S/C14H6ClFINO2/c15-7-3-8(16)5-10(4-7)18-12-2-1-9(17)6-11(12)13(19)14(18)20/h1-6H. The minimum Gasteiger partial charge on any atom is -0.283 e. The molecule has 0 atom stereocenters. The van der Waals surface area contributed by atoms with Crippen molar-refractivity contribution >= 4 is 57.3 Å². The summed E-state index contributed by atoms with van der Waals surface area (Å²) in [5, 5.41) is 0.166. The number of hydrogen-bond donors (Lipinski definition) is 0. The number of fused-ring (bicyclic) bond motifs is 1. The summed E-state index contributed by atoms with van der Waals surface area (Å²) in [5.74, 6) is -1.87. The van der Waals surface area contributed by atoms with Gasteiger partial charge in [-0.15, -0.1) is 0 Å². The molecule has 6 heteroatoms. The number of carbonyl (C=O) groups is 2. The van der Waals surface area contributed by atoms with Crippen LogP contribution in [0.4, 0.5) is 15.8 Å². The number of halogens is 3. The SMILES string of the molecule is O=C1C(=O)N(c2cc(F)cc(Cl)c2)c2ccc(I)cc21. The van der Waals surface area contributed by atoms with Crippen LogP contribution < -0.4 is 4.90 Å². The maximum Gasteiger partial charge on any atom is 0.304 e. The van der Waals surface area contributed by atoms with E-state index in [4.69, 9.17) is 11.6 Å². The van der Waals surface area contributed by atoms with E-state index in [2.05, 4.69) is 22.6 Å². The van der Waals surface area contributed by atoms with Crippen molar-refractivity contribution in [3.05, 3.63) is 56.4 Å². The maximum atomic E-state index is 13.4. The lowest BCUT2D eigenvalue weighted by atomic mass is 10.1. The first-order chi connectivity index (χ1) is 9.47. The fourth-order valence-electron chi connectivity index (χ4n) is 2.14. The first-order valence-electron chi connectivity index (χ1n) is 5.62. The molecule has 1 heterocycles. The molecule has 2 aromatic carbocycles. The average molecular weight is 402 g/mol. The van der Waals surface area contributed by atoms with Crippen LogP contribution in [0.5, 0.6) is 0 Å². The Kier molecular flexibility index (Phi) is 3.25. The molecule has 2 aromatic rings. The Morgan fingerprint density at radius 1 is 1.10 bits per heavy atom. The van der Waals surface area contributed by atoms with Gasteiger partial charge in [-0.3, -0.25) is 14.5 Å². The normalized spacial score (nSPS) is 13.8. The summed E-state index contributed by atoms with van der Waals surface area (Å²) in [6.45, 7) is 0. The van der Waals surface area contributed by atoms with Crippen LogP contribution in [0.3, 0.4) is 0 Å². The highest BCUT2D eigenvalue weighted by molar-refractivity contribution is 14.1. The Balaban J connectivity index is 2.20. The van der Waals surface area contributed by atoms with Gasteiger partial charge in [-0.25, -0.2) is 4.39 Å². The van der Waals surface area contributed by atoms with Crippen LogP contribution in [-0.4, -0.2) is 11.7 Å². The predicted molar refractivity (Wildman–Crippen MR) is 82.0 cm³/mol. The molecule has 0 saturated heterocycles. The molecular formula is C14H6ClFINO2. The second kappa shape index (κ2) is 4.82. The van der Waals surface area contributed by atoms with E-state index in [0.29, 0.717) is 11.3 Å². The van der Waals surface area contributed by atoms with E-state index in [-0.39, 0.29) is 10.7 Å². The van der Waals surface area contributed by atoms with Crippen molar-refractivity contribution in [1.82, 2.24) is 0 Å². The highest BCUT2D eigenvalue weighted by atomic mass is 127. The summed E-state index contributed by atoms with van der Waals surface area (Å²) in [4.78, 5) is 25.3. The van der Waals surface area contributed by atoms with E-state index in [9.17, 15) is 14.0 Å². The summed E-state index contributed by atoms with van der Waals surface area (Å²) in [6.07, 6.45) is 0. The highest BCUT2D eigenvalue weighted by Gasteiger charge is 2.37. The van der Waals surface area contributed by atoms with Gasteiger partial charge in [0.15, 0.2) is 0 Å². The monoisotopic (exact) mass is 401 g/mol. The number of benzene rings is 2. The third-order valence-electron chi connectivity index (χ3n) is 2.95. The number of ketones is 1. The van der Waals surface area contributed by atoms with E-state index < -0.39 is 17.5 Å². The maximum absolute atomic E-state index is 13.4. The Bertz CT molecular complexity index is 743. The largest absolute Gasteiger partial charge is 0.304 e. The predicted octanol–water partition coefficient (Wildman–Crippen LogP) is 3.94. The minimum absolute atomic E-state index is 0.166. The topological polar surface area (TPSA) is 37.4 Å². The molecule has 0 fully saturated rings. The summed E-state index contributed by atoms with van der Waals surface area (Å²) in [6, 6.07) is 8.84. The fraction of sp³-hybridized carbons (Fsp3) is 0. The molecule has 0 radical (unpaired) electrons. The number of Topliss-reactive ketones (excluding diaryl/α,β-unsaturated/α-hetero) is 1. The molecule has 0 saturated carbocycles. The van der Waals surface area contributed by atoms with E-state index in [1.54, 1.807) is 18.2 Å². The molecule has 20 heavy (non-hydrogen) atoms. The quantitative estimate of drug-likeness (QED) is 0.536. The van der Waals surface area contributed by atoms with Crippen molar-refractivity contribution in [2.24, 2.45) is 0 Å². The number of anilines is 2. The molecule has 1 aliphatic rings. The molecule has 1 amide bonds. The highest BCUT2D eigenvalue weighted by Crippen LogP contribution is 2.37. The lowest BCUT2D eigenvalue weighted by Gasteiger charge is -2.17. The lowest BCUT2D eigenvalue weighted by Crippen LogP contribution is -2.24. The Hall–Kier alpha value is -1.47. The van der Waals surface area contributed by atoms with Crippen LogP contribution >= 0.6 is 34.2 Å². The van der Waals surface area contributed by atoms with Gasteiger partial charge in [0.05, 0.1) is 16.9 Å². The van der Waals surface area contributed by atoms with Crippen molar-refractivity contribution in [1.29, 1.82) is 0 Å². The van der Waals surface area contributed by atoms with Crippen molar-refractivity contribution in [3.63, 3.8) is 0 Å². The molecule has 100 valence electrons. The Morgan fingerprint density at radius 2 is 1.85 bits per heavy atom. The van der Waals surface area contributed by atoms with Crippen molar-refractivity contribution < 1.29 is 14.0 Å². The number of rotatable bonds is 1. The second-order valence-corrected chi connectivity index (χ2v) is 5.94. The fourth-order valence-corrected chi connectivity index (χ4v) is 2.84. The molecule has 0 aromatic heterocycles. The zero-order chi connectivity index (χ0) is 14.4. The third kappa shape index (κ3) is 2.10. The van der Waals surface area contributed by atoms with Gasteiger partial charge in [-0.1, -0.05) is 11.6 Å². The molecule has 1 aliphatic heterocycles. The van der Waals surface area contributed by atoms with Crippen LogP contribution in [0.2, 0.25) is 5.02 Å². The van der Waals surface area contributed by atoms with Gasteiger partial charge in [-0.05, 0) is 59.0 Å². The second-order valence-electron chi connectivity index (χ2n) is 4.26. The summed E-state index contributed by atoms with van der Waals surface area (Å²) < 4.78 is 14.3. The van der Waals surface area contributed by atoms with Gasteiger partial charge in [-0.2, -0.15) is 0 Å². The van der Waals surface area contributed by atoms with Gasteiger partial charge in [0.1, 0.15) is 5.82 Å². The van der Waals surface area contributed by atoms with Crippen molar-refractivity contribution in [2.75, 3.05) is 4.90 Å². The Labute approximate surface area is 132 Å². The zero-order valence-electron chi connectivity index (χ0n) is 9.86.